The average molecular weight is 320 g/mol. The van der Waals surface area contributed by atoms with Crippen molar-refractivity contribution in [2.24, 2.45) is 5.92 Å². The molecule has 1 rings (SSSR count). The molecule has 0 aromatic carbocycles. The summed E-state index contributed by atoms with van der Waals surface area (Å²) in [6.45, 7) is 2.30. The Kier molecular flexibility index (Phi) is 5.89. The molecule has 3 nitrogen and oxygen atoms in total. The molecule has 1 heterocycles. The van der Waals surface area contributed by atoms with E-state index in [-0.39, 0.29) is 19.1 Å². The Morgan fingerprint density at radius 3 is 2.29 bits per heavy atom. The Bertz CT molecular complexity index is 341. The number of rotatable bonds is 4. The molecular weight excluding hydrogens is 302 g/mol. The topological polar surface area (TPSA) is 32.3 Å². The standard InChI is InChI=1S/C12H18F6N2O/c1-2-5-19-8-4-3-6-20(7-8)10(21)9(11(13,14)15)12(16,17)18/h8-9,19H,2-7H2,1H3. The van der Waals surface area contributed by atoms with E-state index in [1.807, 2.05) is 6.92 Å². The monoisotopic (exact) mass is 320 g/mol. The Hall–Kier alpha value is -0.990. The smallest absolute Gasteiger partial charge is 0.340 e. The molecule has 0 aromatic heterocycles. The number of likely N-dealkylation sites (tertiary alicyclic amines) is 1. The third kappa shape index (κ3) is 5.05. The number of halogens is 6. The van der Waals surface area contributed by atoms with Gasteiger partial charge in [-0.25, -0.2) is 0 Å². The molecule has 1 unspecified atom stereocenters. The summed E-state index contributed by atoms with van der Waals surface area (Å²) in [6, 6.07) is -0.259. The lowest BCUT2D eigenvalue weighted by Gasteiger charge is -2.36. The fraction of sp³-hybridized carbons (Fsp3) is 0.917. The second-order valence-electron chi connectivity index (χ2n) is 5.09. The van der Waals surface area contributed by atoms with Crippen LogP contribution < -0.4 is 5.32 Å². The summed E-state index contributed by atoms with van der Waals surface area (Å²) in [7, 11) is 0. The SMILES string of the molecule is CCCNC1CCCN(C(=O)C(C(F)(F)F)C(F)(F)F)C1. The zero-order valence-corrected chi connectivity index (χ0v) is 11.5. The first kappa shape index (κ1) is 18.1. The lowest BCUT2D eigenvalue weighted by Crippen LogP contribution is -2.54. The van der Waals surface area contributed by atoms with Crippen LogP contribution in [0.3, 0.4) is 0 Å². The van der Waals surface area contributed by atoms with E-state index in [9.17, 15) is 31.1 Å². The number of alkyl halides is 6. The Labute approximate surface area is 118 Å². The van der Waals surface area contributed by atoms with Gasteiger partial charge in [0.2, 0.25) is 11.8 Å². The summed E-state index contributed by atoms with van der Waals surface area (Å²) in [4.78, 5) is 12.3. The summed E-state index contributed by atoms with van der Waals surface area (Å²) in [5.74, 6) is -5.84. The van der Waals surface area contributed by atoms with Gasteiger partial charge < -0.3 is 10.2 Å². The minimum Gasteiger partial charge on any atom is -0.340 e. The maximum atomic E-state index is 12.5. The van der Waals surface area contributed by atoms with E-state index in [1.165, 1.54) is 0 Å². The van der Waals surface area contributed by atoms with Crippen molar-refractivity contribution in [3.05, 3.63) is 0 Å². The highest BCUT2D eigenvalue weighted by molar-refractivity contribution is 5.80. The van der Waals surface area contributed by atoms with Gasteiger partial charge in [-0.05, 0) is 25.8 Å². The van der Waals surface area contributed by atoms with E-state index in [2.05, 4.69) is 5.32 Å². The van der Waals surface area contributed by atoms with E-state index in [0.29, 0.717) is 24.3 Å². The molecule has 1 fully saturated rings. The molecule has 21 heavy (non-hydrogen) atoms. The van der Waals surface area contributed by atoms with Crippen molar-refractivity contribution in [3.63, 3.8) is 0 Å². The summed E-state index contributed by atoms with van der Waals surface area (Å²) in [5.41, 5.74) is 0. The fourth-order valence-electron chi connectivity index (χ4n) is 2.34. The quantitative estimate of drug-likeness (QED) is 0.808. The number of nitrogens with zero attached hydrogens (tertiary/aromatic N) is 1. The van der Waals surface area contributed by atoms with Gasteiger partial charge in [0, 0.05) is 19.1 Å². The van der Waals surface area contributed by atoms with Gasteiger partial charge >= 0.3 is 12.4 Å². The van der Waals surface area contributed by atoms with Gasteiger partial charge in [0.15, 0.2) is 0 Å². The van der Waals surface area contributed by atoms with Gasteiger partial charge in [-0.2, -0.15) is 26.3 Å². The minimum atomic E-state index is -5.63. The third-order valence-electron chi connectivity index (χ3n) is 3.32. The van der Waals surface area contributed by atoms with Gasteiger partial charge in [-0.1, -0.05) is 6.92 Å². The number of carbonyl (C=O) groups is 1. The number of nitrogens with one attached hydrogen (secondary N) is 1. The lowest BCUT2D eigenvalue weighted by molar-refractivity contribution is -0.277. The number of carbonyl (C=O) groups excluding carboxylic acids is 1. The van der Waals surface area contributed by atoms with E-state index >= 15 is 0 Å². The molecule has 1 aliphatic heterocycles. The van der Waals surface area contributed by atoms with Crippen molar-refractivity contribution < 1.29 is 31.1 Å². The average Bonchev–Trinajstić information content (AvgIpc) is 2.33. The maximum Gasteiger partial charge on any atom is 0.409 e. The summed E-state index contributed by atoms with van der Waals surface area (Å²) >= 11 is 0. The molecular formula is C12H18F6N2O. The predicted octanol–water partition coefficient (Wildman–Crippen LogP) is 2.72. The molecule has 0 aromatic rings. The van der Waals surface area contributed by atoms with E-state index in [1.54, 1.807) is 0 Å². The van der Waals surface area contributed by atoms with Crippen LogP contribution in [-0.2, 0) is 4.79 Å². The largest absolute Gasteiger partial charge is 0.409 e. The van der Waals surface area contributed by atoms with Crippen LogP contribution >= 0.6 is 0 Å². The molecule has 1 atom stereocenters. The normalized spacial score (nSPS) is 21.0. The van der Waals surface area contributed by atoms with Crippen LogP contribution in [0.1, 0.15) is 26.2 Å². The van der Waals surface area contributed by atoms with Crippen molar-refractivity contribution in [3.8, 4) is 0 Å². The molecule has 0 saturated carbocycles. The van der Waals surface area contributed by atoms with Crippen molar-refractivity contribution in [2.45, 2.75) is 44.6 Å². The van der Waals surface area contributed by atoms with Gasteiger partial charge in [-0.15, -0.1) is 0 Å². The van der Waals surface area contributed by atoms with E-state index in [0.717, 1.165) is 6.42 Å². The molecule has 1 saturated heterocycles. The van der Waals surface area contributed by atoms with Gasteiger partial charge in [0.05, 0.1) is 0 Å². The molecule has 1 amide bonds. The van der Waals surface area contributed by atoms with Crippen LogP contribution in [-0.4, -0.2) is 48.8 Å². The van der Waals surface area contributed by atoms with Crippen molar-refractivity contribution >= 4 is 5.91 Å². The highest BCUT2D eigenvalue weighted by Crippen LogP contribution is 2.40. The summed E-state index contributed by atoms with van der Waals surface area (Å²) in [5, 5.41) is 3.02. The van der Waals surface area contributed by atoms with Gasteiger partial charge in [0.25, 0.3) is 0 Å². The highest BCUT2D eigenvalue weighted by atomic mass is 19.4. The number of hydrogen-bond acceptors (Lipinski definition) is 2. The van der Waals surface area contributed by atoms with Crippen LogP contribution in [0.15, 0.2) is 0 Å². The van der Waals surface area contributed by atoms with Crippen molar-refractivity contribution in [1.29, 1.82) is 0 Å². The molecule has 0 radical (unpaired) electrons. The van der Waals surface area contributed by atoms with Crippen LogP contribution in [0.25, 0.3) is 0 Å². The molecule has 9 heteroatoms. The Morgan fingerprint density at radius 2 is 1.81 bits per heavy atom. The maximum absolute atomic E-state index is 12.5. The van der Waals surface area contributed by atoms with Crippen molar-refractivity contribution in [2.75, 3.05) is 19.6 Å². The van der Waals surface area contributed by atoms with E-state index < -0.39 is 24.2 Å². The first-order valence-electron chi connectivity index (χ1n) is 6.73. The summed E-state index contributed by atoms with van der Waals surface area (Å²) < 4.78 is 75.2. The second-order valence-corrected chi connectivity index (χ2v) is 5.09. The third-order valence-corrected chi connectivity index (χ3v) is 3.32. The van der Waals surface area contributed by atoms with Gasteiger partial charge in [-0.3, -0.25) is 4.79 Å². The number of amides is 1. The van der Waals surface area contributed by atoms with Crippen LogP contribution in [0.2, 0.25) is 0 Å². The first-order chi connectivity index (χ1) is 9.57. The zero-order valence-electron chi connectivity index (χ0n) is 11.5. The lowest BCUT2D eigenvalue weighted by atomic mass is 10.0. The van der Waals surface area contributed by atoms with Crippen molar-refractivity contribution in [1.82, 2.24) is 10.2 Å². The molecule has 0 spiro atoms. The number of piperidine rings is 1. The Morgan fingerprint density at radius 1 is 1.24 bits per heavy atom. The van der Waals surface area contributed by atoms with Gasteiger partial charge in [0.1, 0.15) is 0 Å². The first-order valence-corrected chi connectivity index (χ1v) is 6.73. The zero-order chi connectivity index (χ0) is 16.3. The summed E-state index contributed by atoms with van der Waals surface area (Å²) in [6.07, 6.45) is -9.45. The molecule has 0 aliphatic carbocycles. The van der Waals surface area contributed by atoms with E-state index in [4.69, 9.17) is 0 Å². The predicted molar refractivity (Wildman–Crippen MR) is 63.5 cm³/mol. The number of hydrogen-bond donors (Lipinski definition) is 1. The highest BCUT2D eigenvalue weighted by Gasteiger charge is 2.62. The van der Waals surface area contributed by atoms with Crippen LogP contribution in [0, 0.1) is 5.92 Å². The molecule has 0 bridgehead atoms. The fourth-order valence-corrected chi connectivity index (χ4v) is 2.34. The van der Waals surface area contributed by atoms with Crippen LogP contribution in [0.5, 0.6) is 0 Å². The Balaban J connectivity index is 2.79. The second kappa shape index (κ2) is 6.85. The van der Waals surface area contributed by atoms with Crippen LogP contribution in [0.4, 0.5) is 26.3 Å². The molecule has 1 aliphatic rings. The molecule has 124 valence electrons. The minimum absolute atomic E-state index is 0.0776. The molecule has 1 N–H and O–H groups in total.